The molecule has 11 N–H and O–H groups in total. The molecule has 2 saturated heterocycles. The molecule has 35 heteroatoms. The van der Waals surface area contributed by atoms with E-state index in [2.05, 4.69) is 45.4 Å². The van der Waals surface area contributed by atoms with Crippen molar-refractivity contribution in [3.63, 3.8) is 0 Å². The molecule has 2 unspecified atom stereocenters. The Morgan fingerprint density at radius 3 is 2.27 bits per heavy atom. The third kappa shape index (κ3) is 19.0. The summed E-state index contributed by atoms with van der Waals surface area (Å²) in [5, 5.41) is 71.5. The average Bonchev–Trinajstić information content (AvgIpc) is 0.994. The van der Waals surface area contributed by atoms with Crippen LogP contribution in [0, 0.1) is 29.1 Å². The first kappa shape index (κ1) is 82.9. The van der Waals surface area contributed by atoms with Crippen molar-refractivity contribution >= 4 is 102 Å². The number of aliphatic hydroxyl groups is 3. The van der Waals surface area contributed by atoms with Crippen molar-refractivity contribution in [1.82, 2.24) is 45.5 Å². The Morgan fingerprint density at radius 2 is 1.58 bits per heavy atom. The average molecular weight is 1600 g/mol. The Labute approximate surface area is 656 Å². The normalized spacial score (nSPS) is 25.7. The maximum Gasteiger partial charge on any atom is 0.409 e. The number of likely N-dealkylation sites (N-methyl/N-ethyl adjacent to an activating group) is 1. The minimum Gasteiger partial charge on any atom is -0.479 e. The van der Waals surface area contributed by atoms with Crippen molar-refractivity contribution in [3.05, 3.63) is 118 Å². The fourth-order valence-electron chi connectivity index (χ4n) is 18.5. The van der Waals surface area contributed by atoms with Gasteiger partial charge in [-0.25, -0.2) is 24.4 Å². The minimum absolute atomic E-state index is 0.00832. The van der Waals surface area contributed by atoms with Crippen LogP contribution in [0.2, 0.25) is 0 Å². The maximum atomic E-state index is 14.0. The number of nitrogens with one attached hydrogen (secondary N) is 5. The van der Waals surface area contributed by atoms with Crippen molar-refractivity contribution in [2.75, 3.05) is 67.8 Å². The first-order valence-corrected chi connectivity index (χ1v) is 40.2. The second kappa shape index (κ2) is 33.5. The van der Waals surface area contributed by atoms with E-state index in [1.54, 1.807) is 51.4 Å². The highest BCUT2D eigenvalue weighted by Gasteiger charge is 2.66. The molecule has 3 aromatic carbocycles. The summed E-state index contributed by atoms with van der Waals surface area (Å²) in [6, 6.07) is 17.3. The molecule has 7 amide bonds. The van der Waals surface area contributed by atoms with Gasteiger partial charge in [0.1, 0.15) is 48.9 Å². The lowest BCUT2D eigenvalue weighted by molar-refractivity contribution is -0.248. The number of aryl methyl sites for hydroxylation is 1. The van der Waals surface area contributed by atoms with Crippen LogP contribution >= 0.6 is 11.3 Å². The molecule has 6 heterocycles. The Morgan fingerprint density at radius 1 is 0.832 bits per heavy atom. The van der Waals surface area contributed by atoms with E-state index in [0.717, 1.165) is 70.5 Å². The number of nitrogens with zero attached hydrogens (tertiary/aromatic N) is 7. The lowest BCUT2D eigenvalue weighted by Crippen LogP contribution is -2.64. The number of carboxylic acid groups (broad SMARTS) is 2. The number of amides is 7. The summed E-state index contributed by atoms with van der Waals surface area (Å²) >= 11 is 1.40. The number of hydrogen-bond donors (Lipinski definition) is 11. The van der Waals surface area contributed by atoms with E-state index in [9.17, 15) is 77.1 Å². The minimum atomic E-state index is -4.36. The van der Waals surface area contributed by atoms with Gasteiger partial charge in [-0.3, -0.25) is 43.3 Å². The van der Waals surface area contributed by atoms with Crippen LogP contribution in [0.4, 0.5) is 21.4 Å². The number of carbonyl (C=O) groups is 9. The third-order valence-corrected chi connectivity index (χ3v) is 24.3. The summed E-state index contributed by atoms with van der Waals surface area (Å²) < 4.78 is 58.5. The fraction of sp³-hybridized carbons (Fsp3) is 0.538. The molecule has 13 rings (SSSR count). The standard InChI is InChI=1S/C78H98N12O21S2/c1-42(2)61(85-60(92)32-89-50(34-108-26-27-113(105,106)107)29-56(70(89)99)81-45(5)91)69(98)80-43(3)67(96)82-49-18-16-48(47(28-49)17-20-57-63(93)64(94)65(95)66(111-57)72(102)103)33-109-74(104)87(8)24-25-110-78-38-75(6)35-76(7,39-78)37-77(36-75,40-78)41-90-44(4)53(30-79-90)51-19-21-59(84-62(51)71(100)101)88-23-22-46-12-11-13-52(54(46)31-88)68(97)86-73-83-55-14-9-10-15-58(55)112-73/h9-16,18-19,21,28,30,42-43,50,56-57,61,63-66,93-95H,17,20,22-27,29,31-41H2,1-8H3,(H,80,98)(H,81,91)(H,82,96)(H,85,92)(H,100,101)(H,102,103)(H,83,86,97)(H,105,106,107)/t43-,50-,56-,57-,61-,63-,64+,65-,66-,75?,76?,77?,78?/m0/s1. The number of carbonyl (C=O) groups excluding carboxylic acids is 7. The van der Waals surface area contributed by atoms with Gasteiger partial charge in [0.2, 0.25) is 29.5 Å². The van der Waals surface area contributed by atoms with E-state index in [0.29, 0.717) is 64.8 Å². The smallest absolute Gasteiger partial charge is 0.409 e. The molecule has 4 saturated carbocycles. The summed E-state index contributed by atoms with van der Waals surface area (Å²) in [5.74, 6) is -7.28. The highest BCUT2D eigenvalue weighted by atomic mass is 32.2. The monoisotopic (exact) mass is 1600 g/mol. The van der Waals surface area contributed by atoms with Crippen LogP contribution in [0.3, 0.4) is 0 Å². The summed E-state index contributed by atoms with van der Waals surface area (Å²) in [4.78, 5) is 134. The zero-order valence-corrected chi connectivity index (χ0v) is 65.8. The van der Waals surface area contributed by atoms with E-state index >= 15 is 0 Å². The van der Waals surface area contributed by atoms with Gasteiger partial charge in [-0.05, 0) is 165 Å². The predicted molar refractivity (Wildman–Crippen MR) is 411 cm³/mol. The number of carboxylic acids is 2. The van der Waals surface area contributed by atoms with E-state index in [1.165, 1.54) is 36.2 Å². The molecule has 0 radical (unpaired) electrons. The summed E-state index contributed by atoms with van der Waals surface area (Å²) in [6.07, 6.45) is -2.03. The number of rotatable bonds is 31. The van der Waals surface area contributed by atoms with Gasteiger partial charge in [0.25, 0.3) is 16.0 Å². The lowest BCUT2D eigenvalue weighted by Gasteiger charge is -2.69. The molecular weight excluding hydrogens is 1510 g/mol. The highest BCUT2D eigenvalue weighted by molar-refractivity contribution is 7.85. The summed E-state index contributed by atoms with van der Waals surface area (Å²) in [6.45, 7) is 12.6. The number of fused-ring (bicyclic) bond motifs is 2. The Kier molecular flexibility index (Phi) is 24.5. The molecule has 4 bridgehead atoms. The number of thiazole rings is 1. The van der Waals surface area contributed by atoms with Crippen LogP contribution in [0.25, 0.3) is 21.3 Å². The topological polar surface area (TPSA) is 460 Å². The molecule has 4 aliphatic carbocycles. The van der Waals surface area contributed by atoms with E-state index in [1.807, 2.05) is 59.0 Å². The van der Waals surface area contributed by atoms with E-state index in [-0.39, 0.29) is 79.2 Å². The molecule has 0 spiro atoms. The second-order valence-electron chi connectivity index (χ2n) is 32.3. The number of benzene rings is 3. The molecule has 608 valence electrons. The molecule has 6 fully saturated rings. The van der Waals surface area contributed by atoms with Gasteiger partial charge in [0.15, 0.2) is 16.9 Å². The van der Waals surface area contributed by atoms with Crippen LogP contribution in [0.15, 0.2) is 79.0 Å². The van der Waals surface area contributed by atoms with Crippen LogP contribution in [-0.4, -0.2) is 234 Å². The van der Waals surface area contributed by atoms with Crippen molar-refractivity contribution in [3.8, 4) is 11.1 Å². The number of ether oxygens (including phenoxy) is 4. The number of aromatic carboxylic acids is 1. The number of likely N-dealkylation sites (tertiary alicyclic amines) is 1. The Bertz CT molecular complexity index is 4730. The number of aromatic nitrogens is 4. The SMILES string of the molecule is CC(=O)N[C@H]1C[C@@H](COCCS(=O)(=O)O)N(CC(=O)N[C@H](C(=O)N[C@@H](C)C(=O)Nc2ccc(COC(=O)N(C)CCOC34CC5(C)CC(C)(CC(Cn6ncc(-c7ccc(N8CCc9cccc(C(=O)Nc%10nc%11ccccc%11s%10)c9C8)nc7C(=O)O)c6C)(C5)C3)C4)c(CC[C@@H]3O[C@H](C(=O)O)[C@@H](O)[C@H](O)[C@H]3O)c2)C(C)C)C1=O. The molecule has 113 heavy (non-hydrogen) atoms. The first-order chi connectivity index (χ1) is 53.4. The highest BCUT2D eigenvalue weighted by Crippen LogP contribution is 2.72. The number of aliphatic carboxylic acids is 1. The lowest BCUT2D eigenvalue weighted by atomic mass is 9.39. The first-order valence-electron chi connectivity index (χ1n) is 37.8. The van der Waals surface area contributed by atoms with Crippen LogP contribution < -0.4 is 31.5 Å². The van der Waals surface area contributed by atoms with E-state index < -0.39 is 143 Å². The Balaban J connectivity index is 0.673. The van der Waals surface area contributed by atoms with Crippen molar-refractivity contribution in [2.24, 2.45) is 22.2 Å². The molecule has 7 aliphatic rings. The van der Waals surface area contributed by atoms with Crippen molar-refractivity contribution < 1.29 is 101 Å². The molecular formula is C78H98N12O21S2. The third-order valence-electron chi connectivity index (χ3n) is 22.6. The largest absolute Gasteiger partial charge is 0.479 e. The molecule has 11 atom stereocenters. The Hall–Kier alpha value is -9.59. The number of pyridine rings is 1. The number of para-hydroxylation sites is 1. The second-order valence-corrected chi connectivity index (χ2v) is 34.9. The maximum absolute atomic E-state index is 14.0. The number of anilines is 3. The van der Waals surface area contributed by atoms with Gasteiger partial charge >= 0.3 is 18.0 Å². The van der Waals surface area contributed by atoms with Crippen molar-refractivity contribution in [1.29, 1.82) is 0 Å². The number of hydrogen-bond acceptors (Lipinski definition) is 23. The van der Waals surface area contributed by atoms with E-state index in [4.69, 9.17) is 33.6 Å². The zero-order valence-electron chi connectivity index (χ0n) is 64.2. The molecule has 33 nitrogen and oxygen atoms in total. The van der Waals surface area contributed by atoms with Gasteiger partial charge in [-0.1, -0.05) is 69.4 Å². The predicted octanol–water partition coefficient (Wildman–Crippen LogP) is 5.24. The van der Waals surface area contributed by atoms with Gasteiger partial charge in [0.05, 0.1) is 66.3 Å². The van der Waals surface area contributed by atoms with Gasteiger partial charge < -0.3 is 80.4 Å². The van der Waals surface area contributed by atoms with Crippen LogP contribution in [0.5, 0.6) is 0 Å². The zero-order chi connectivity index (χ0) is 81.4. The van der Waals surface area contributed by atoms with Gasteiger partial charge in [-0.15, -0.1) is 0 Å². The molecule has 3 aliphatic heterocycles. The summed E-state index contributed by atoms with van der Waals surface area (Å²) in [5.41, 5.74) is 4.98. The quantitative estimate of drug-likeness (QED) is 0.0196. The van der Waals surface area contributed by atoms with Gasteiger partial charge in [0, 0.05) is 68.2 Å². The van der Waals surface area contributed by atoms with Crippen molar-refractivity contribution in [2.45, 2.75) is 193 Å². The van der Waals surface area contributed by atoms with Crippen LogP contribution in [-0.2, 0) is 90.4 Å². The number of aliphatic hydroxyl groups excluding tert-OH is 3. The fourth-order valence-corrected chi connectivity index (χ4v) is 19.6. The summed E-state index contributed by atoms with van der Waals surface area (Å²) in [7, 11) is -2.78. The van der Waals surface area contributed by atoms with Gasteiger partial charge in [-0.2, -0.15) is 13.5 Å². The molecule has 3 aromatic heterocycles. The van der Waals surface area contributed by atoms with Crippen LogP contribution in [0.1, 0.15) is 142 Å². The molecule has 6 aromatic rings.